The van der Waals surface area contributed by atoms with Crippen molar-refractivity contribution in [2.75, 3.05) is 28.2 Å². The Morgan fingerprint density at radius 3 is 0.625 bits per heavy atom. The summed E-state index contributed by atoms with van der Waals surface area (Å²) < 4.78 is 0. The molecule has 0 atom stereocenters. The molecule has 0 aromatic heterocycles. The third kappa shape index (κ3) is 63.7. The van der Waals surface area contributed by atoms with E-state index in [0.717, 1.165) is 0 Å². The van der Waals surface area contributed by atoms with Crippen LogP contribution in [0.4, 0.5) is 0 Å². The molecule has 0 heterocycles. The minimum atomic E-state index is 1.64. The molecular formula is C4H12N4. The van der Waals surface area contributed by atoms with E-state index in [2.05, 4.69) is 20.5 Å². The Balaban J connectivity index is 0. The Bertz CT molecular complexity index is 48.4. The average molecular weight is 116 g/mol. The number of rotatable bonds is 0. The molecule has 0 fully saturated rings. The average Bonchev–Trinajstić information content (AvgIpc) is 1.88. The van der Waals surface area contributed by atoms with Gasteiger partial charge in [0.15, 0.2) is 0 Å². The molecule has 4 heteroatoms. The highest BCUT2D eigenvalue weighted by atomic mass is 15.0. The van der Waals surface area contributed by atoms with Crippen molar-refractivity contribution in [1.29, 1.82) is 0 Å². The quantitative estimate of drug-likeness (QED) is 0.429. The van der Waals surface area contributed by atoms with Crippen molar-refractivity contribution in [2.24, 2.45) is 20.5 Å². The third-order valence-electron chi connectivity index (χ3n) is 0.400. The van der Waals surface area contributed by atoms with E-state index in [1.807, 2.05) is 0 Å². The molecule has 0 spiro atoms. The van der Waals surface area contributed by atoms with Crippen LogP contribution in [0.3, 0.4) is 0 Å². The summed E-state index contributed by atoms with van der Waals surface area (Å²) in [6.45, 7) is 0. The fourth-order valence-corrected chi connectivity index (χ4v) is 0. The van der Waals surface area contributed by atoms with Crippen molar-refractivity contribution in [3.63, 3.8) is 0 Å². The first-order valence-corrected chi connectivity index (χ1v) is 2.19. The van der Waals surface area contributed by atoms with Crippen molar-refractivity contribution in [2.45, 2.75) is 0 Å². The summed E-state index contributed by atoms with van der Waals surface area (Å²) in [5.41, 5.74) is 0. The molecule has 0 aliphatic heterocycles. The highest BCUT2D eigenvalue weighted by molar-refractivity contribution is 3.97. The number of nitrogens with zero attached hydrogens (tertiary/aromatic N) is 4. The van der Waals surface area contributed by atoms with Crippen molar-refractivity contribution in [1.82, 2.24) is 0 Å². The molecule has 0 aromatic rings. The first kappa shape index (κ1) is 10.2. The maximum atomic E-state index is 3.36. The number of hydrogen-bond donors (Lipinski definition) is 0. The van der Waals surface area contributed by atoms with Gasteiger partial charge in [0.2, 0.25) is 0 Å². The fourth-order valence-electron chi connectivity index (χ4n) is 0. The standard InChI is InChI=1S/2C2H6N2/c2*1-3-4-2/h2*1-2H3. The SMILES string of the molecule is CN=NC.CN=NC. The molecule has 0 radical (unpaired) electrons. The lowest BCUT2D eigenvalue weighted by molar-refractivity contribution is 1.11. The maximum absolute atomic E-state index is 3.36. The molecule has 0 aliphatic rings. The topological polar surface area (TPSA) is 49.4 Å². The molecule has 0 unspecified atom stereocenters. The Hall–Kier alpha value is -0.800. The second-order valence-corrected chi connectivity index (χ2v) is 0.800. The Morgan fingerprint density at radius 2 is 0.625 bits per heavy atom. The van der Waals surface area contributed by atoms with E-state index in [-0.39, 0.29) is 0 Å². The van der Waals surface area contributed by atoms with Gasteiger partial charge in [0.25, 0.3) is 0 Å². The van der Waals surface area contributed by atoms with Gasteiger partial charge in [0.1, 0.15) is 0 Å². The molecule has 8 heavy (non-hydrogen) atoms. The van der Waals surface area contributed by atoms with E-state index in [1.165, 1.54) is 0 Å². The van der Waals surface area contributed by atoms with Gasteiger partial charge >= 0.3 is 0 Å². The van der Waals surface area contributed by atoms with Crippen LogP contribution in [0, 0.1) is 0 Å². The minimum absolute atomic E-state index is 1.64. The van der Waals surface area contributed by atoms with Crippen molar-refractivity contribution < 1.29 is 0 Å². The molecule has 0 rings (SSSR count). The minimum Gasteiger partial charge on any atom is -0.198 e. The molecular weight excluding hydrogens is 104 g/mol. The smallest absolute Gasteiger partial charge is 0.0487 e. The summed E-state index contributed by atoms with van der Waals surface area (Å²) in [6.07, 6.45) is 0. The summed E-state index contributed by atoms with van der Waals surface area (Å²) >= 11 is 0. The molecule has 0 saturated carbocycles. The van der Waals surface area contributed by atoms with Crippen LogP contribution >= 0.6 is 0 Å². The Morgan fingerprint density at radius 1 is 0.500 bits per heavy atom. The number of azo groups is 2. The summed E-state index contributed by atoms with van der Waals surface area (Å²) in [5.74, 6) is 0. The van der Waals surface area contributed by atoms with Gasteiger partial charge in [-0.1, -0.05) is 0 Å². The molecule has 4 nitrogen and oxygen atoms in total. The lowest BCUT2D eigenvalue weighted by Crippen LogP contribution is -1.38. The summed E-state index contributed by atoms with van der Waals surface area (Å²) in [6, 6.07) is 0. The van der Waals surface area contributed by atoms with Gasteiger partial charge < -0.3 is 0 Å². The van der Waals surface area contributed by atoms with Crippen LogP contribution in [0.5, 0.6) is 0 Å². The summed E-state index contributed by atoms with van der Waals surface area (Å²) in [7, 11) is 6.56. The van der Waals surface area contributed by atoms with Gasteiger partial charge in [0.05, 0.1) is 0 Å². The maximum Gasteiger partial charge on any atom is 0.0487 e. The van der Waals surface area contributed by atoms with E-state index < -0.39 is 0 Å². The number of hydrogen-bond acceptors (Lipinski definition) is 4. The molecule has 0 saturated heterocycles. The predicted molar refractivity (Wildman–Crippen MR) is 33.4 cm³/mol. The zero-order chi connectivity index (χ0) is 6.83. The van der Waals surface area contributed by atoms with Crippen LogP contribution in [-0.4, -0.2) is 28.2 Å². The van der Waals surface area contributed by atoms with E-state index in [4.69, 9.17) is 0 Å². The van der Waals surface area contributed by atoms with Crippen LogP contribution < -0.4 is 0 Å². The second-order valence-electron chi connectivity index (χ2n) is 0.800. The van der Waals surface area contributed by atoms with Crippen molar-refractivity contribution in [3.05, 3.63) is 0 Å². The first-order chi connectivity index (χ1) is 3.83. The van der Waals surface area contributed by atoms with Gasteiger partial charge in [-0.25, -0.2) is 0 Å². The van der Waals surface area contributed by atoms with Crippen molar-refractivity contribution >= 4 is 0 Å². The first-order valence-electron chi connectivity index (χ1n) is 2.19. The van der Waals surface area contributed by atoms with E-state index >= 15 is 0 Å². The lowest BCUT2D eigenvalue weighted by Gasteiger charge is -1.54. The van der Waals surface area contributed by atoms with Crippen LogP contribution in [0.15, 0.2) is 20.5 Å². The zero-order valence-electron chi connectivity index (χ0n) is 5.79. The largest absolute Gasteiger partial charge is 0.198 e. The van der Waals surface area contributed by atoms with E-state index in [1.54, 1.807) is 28.2 Å². The molecule has 0 N–H and O–H groups in total. The van der Waals surface area contributed by atoms with Crippen LogP contribution in [-0.2, 0) is 0 Å². The highest BCUT2D eigenvalue weighted by Crippen LogP contribution is 1.49. The van der Waals surface area contributed by atoms with Gasteiger partial charge in [-0.3, -0.25) is 0 Å². The van der Waals surface area contributed by atoms with Gasteiger partial charge in [0, 0.05) is 28.2 Å². The molecule has 0 aromatic carbocycles. The van der Waals surface area contributed by atoms with Crippen LogP contribution in [0.25, 0.3) is 0 Å². The summed E-state index contributed by atoms with van der Waals surface area (Å²) in [5, 5.41) is 13.4. The van der Waals surface area contributed by atoms with E-state index in [9.17, 15) is 0 Å². The lowest BCUT2D eigenvalue weighted by atomic mass is 11.5. The Labute approximate surface area is 49.7 Å². The molecule has 0 aliphatic carbocycles. The fraction of sp³-hybridized carbons (Fsp3) is 1.00. The van der Waals surface area contributed by atoms with Gasteiger partial charge in [-0.2, -0.15) is 20.5 Å². The zero-order valence-corrected chi connectivity index (χ0v) is 5.79. The summed E-state index contributed by atoms with van der Waals surface area (Å²) in [4.78, 5) is 0. The van der Waals surface area contributed by atoms with E-state index in [0.29, 0.717) is 0 Å². The van der Waals surface area contributed by atoms with Crippen LogP contribution in [0.2, 0.25) is 0 Å². The molecule has 0 amide bonds. The monoisotopic (exact) mass is 116 g/mol. The van der Waals surface area contributed by atoms with Gasteiger partial charge in [-0.15, -0.1) is 0 Å². The third-order valence-corrected chi connectivity index (χ3v) is 0.400. The molecule has 0 bridgehead atoms. The normalized spacial score (nSPS) is 9.50. The Kier molecular flexibility index (Phi) is 20.9. The van der Waals surface area contributed by atoms with Crippen LogP contribution in [0.1, 0.15) is 0 Å². The highest BCUT2D eigenvalue weighted by Gasteiger charge is 1.31. The predicted octanol–water partition coefficient (Wildman–Crippen LogP) is 1.40. The van der Waals surface area contributed by atoms with Crippen molar-refractivity contribution in [3.8, 4) is 0 Å². The van der Waals surface area contributed by atoms with Gasteiger partial charge in [-0.05, 0) is 0 Å². The molecule has 48 valence electrons. The second kappa shape index (κ2) is 16.4.